The SMILES string of the molecule is Brc1ccc2c(c1)C1(c3cc(Br)ccc3S2)c2ccccc2-c2ccccc21. The minimum atomic E-state index is -0.295. The third-order valence-electron chi connectivity index (χ3n) is 5.86. The number of hydrogen-bond acceptors (Lipinski definition) is 1. The monoisotopic (exact) mass is 504 g/mol. The molecule has 3 heteroatoms. The summed E-state index contributed by atoms with van der Waals surface area (Å²) < 4.78 is 2.23. The van der Waals surface area contributed by atoms with Crippen molar-refractivity contribution in [3.05, 3.63) is 116 Å². The van der Waals surface area contributed by atoms with E-state index in [2.05, 4.69) is 117 Å². The van der Waals surface area contributed by atoms with Gasteiger partial charge in [-0.25, -0.2) is 0 Å². The normalized spacial score (nSPS) is 14.9. The van der Waals surface area contributed by atoms with Crippen molar-refractivity contribution >= 4 is 43.6 Å². The fourth-order valence-corrected chi connectivity index (χ4v) is 6.72. The second-order valence-corrected chi connectivity index (χ2v) is 10.1. The Bertz CT molecular complexity index is 1180. The smallest absolute Gasteiger partial charge is 0.0736 e. The quantitative estimate of drug-likeness (QED) is 0.201. The number of fused-ring (bicyclic) bond motifs is 9. The zero-order valence-corrected chi connectivity index (χ0v) is 18.7. The van der Waals surface area contributed by atoms with Crippen LogP contribution >= 0.6 is 43.6 Å². The first kappa shape index (κ1) is 17.1. The van der Waals surface area contributed by atoms with Crippen molar-refractivity contribution in [1.29, 1.82) is 0 Å². The van der Waals surface area contributed by atoms with Crippen LogP contribution in [-0.4, -0.2) is 0 Å². The minimum Gasteiger partial charge on any atom is -0.0894 e. The standard InChI is InChI=1S/C25H14Br2S/c26-15-9-11-23-21(13-15)25(22-14-16(27)10-12-24(22)28-23)19-7-3-1-5-17(19)18-6-2-4-8-20(18)25/h1-14H. The van der Waals surface area contributed by atoms with E-state index in [0.717, 1.165) is 8.95 Å². The van der Waals surface area contributed by atoms with Crippen LogP contribution in [0.5, 0.6) is 0 Å². The molecular weight excluding hydrogens is 492 g/mol. The predicted octanol–water partition coefficient (Wildman–Crippen LogP) is 8.04. The van der Waals surface area contributed by atoms with E-state index in [0.29, 0.717) is 0 Å². The summed E-state index contributed by atoms with van der Waals surface area (Å²) in [5.74, 6) is 0. The second-order valence-electron chi connectivity index (χ2n) is 7.22. The van der Waals surface area contributed by atoms with Crippen molar-refractivity contribution in [3.63, 3.8) is 0 Å². The molecule has 0 unspecified atom stereocenters. The minimum absolute atomic E-state index is 0.295. The molecule has 1 heterocycles. The largest absolute Gasteiger partial charge is 0.0894 e. The van der Waals surface area contributed by atoms with Gasteiger partial charge in [-0.15, -0.1) is 0 Å². The Hall–Kier alpha value is -1.81. The lowest BCUT2D eigenvalue weighted by Gasteiger charge is -2.39. The summed E-state index contributed by atoms with van der Waals surface area (Å²) in [5, 5.41) is 0. The van der Waals surface area contributed by atoms with Crippen LogP contribution in [0.4, 0.5) is 0 Å². The number of halogens is 2. The van der Waals surface area contributed by atoms with Crippen LogP contribution in [0.3, 0.4) is 0 Å². The zero-order chi connectivity index (χ0) is 18.9. The van der Waals surface area contributed by atoms with Gasteiger partial charge in [0.25, 0.3) is 0 Å². The molecule has 0 bridgehead atoms. The maximum atomic E-state index is 3.74. The van der Waals surface area contributed by atoms with Crippen molar-refractivity contribution in [2.75, 3.05) is 0 Å². The summed E-state index contributed by atoms with van der Waals surface area (Å²) in [6.45, 7) is 0. The van der Waals surface area contributed by atoms with Gasteiger partial charge >= 0.3 is 0 Å². The summed E-state index contributed by atoms with van der Waals surface area (Å²) in [4.78, 5) is 2.65. The average Bonchev–Trinajstić information content (AvgIpc) is 3.01. The molecule has 1 spiro atoms. The van der Waals surface area contributed by atoms with Gasteiger partial charge in [0.05, 0.1) is 5.41 Å². The topological polar surface area (TPSA) is 0 Å². The molecule has 134 valence electrons. The molecule has 0 atom stereocenters. The lowest BCUT2D eigenvalue weighted by molar-refractivity contribution is 0.721. The van der Waals surface area contributed by atoms with E-state index in [1.807, 2.05) is 11.8 Å². The molecule has 0 radical (unpaired) electrons. The van der Waals surface area contributed by atoms with Crippen molar-refractivity contribution in [1.82, 2.24) is 0 Å². The fraction of sp³-hybridized carbons (Fsp3) is 0.0400. The predicted molar refractivity (Wildman–Crippen MR) is 123 cm³/mol. The molecule has 0 amide bonds. The molecule has 6 rings (SSSR count). The van der Waals surface area contributed by atoms with Crippen LogP contribution in [-0.2, 0) is 5.41 Å². The molecule has 4 aromatic rings. The number of rotatable bonds is 0. The van der Waals surface area contributed by atoms with Crippen molar-refractivity contribution in [3.8, 4) is 11.1 Å². The molecule has 0 nitrogen and oxygen atoms in total. The molecule has 0 saturated carbocycles. The van der Waals surface area contributed by atoms with Gasteiger partial charge < -0.3 is 0 Å². The highest BCUT2D eigenvalue weighted by molar-refractivity contribution is 9.10. The summed E-state index contributed by atoms with van der Waals surface area (Å²) in [7, 11) is 0. The molecule has 4 aromatic carbocycles. The van der Waals surface area contributed by atoms with Gasteiger partial charge in [-0.05, 0) is 69.8 Å². The highest BCUT2D eigenvalue weighted by Crippen LogP contribution is 2.62. The van der Waals surface area contributed by atoms with Gasteiger partial charge in [-0.2, -0.15) is 0 Å². The molecule has 1 aliphatic carbocycles. The van der Waals surface area contributed by atoms with E-state index in [9.17, 15) is 0 Å². The Labute approximate surface area is 185 Å². The van der Waals surface area contributed by atoms with Crippen LogP contribution in [0.25, 0.3) is 11.1 Å². The molecule has 0 fully saturated rings. The summed E-state index contributed by atoms with van der Waals surface area (Å²) in [6.07, 6.45) is 0. The Balaban J connectivity index is 1.86. The molecule has 1 aliphatic heterocycles. The van der Waals surface area contributed by atoms with E-state index in [4.69, 9.17) is 0 Å². The van der Waals surface area contributed by atoms with Gasteiger partial charge in [-0.1, -0.05) is 92.2 Å². The first-order valence-electron chi connectivity index (χ1n) is 9.17. The van der Waals surface area contributed by atoms with Crippen LogP contribution in [0.15, 0.2) is 104 Å². The first-order valence-corrected chi connectivity index (χ1v) is 11.6. The number of hydrogen-bond donors (Lipinski definition) is 0. The first-order chi connectivity index (χ1) is 13.7. The molecular formula is C25H14Br2S. The Morgan fingerprint density at radius 3 is 1.50 bits per heavy atom. The highest BCUT2D eigenvalue weighted by Gasteiger charge is 2.50. The summed E-state index contributed by atoms with van der Waals surface area (Å²) >= 11 is 9.34. The van der Waals surface area contributed by atoms with Gasteiger partial charge in [0.2, 0.25) is 0 Å². The molecule has 0 aromatic heterocycles. The summed E-state index contributed by atoms with van der Waals surface area (Å²) in [6, 6.07) is 31.2. The molecule has 2 aliphatic rings. The van der Waals surface area contributed by atoms with Crippen molar-refractivity contribution in [2.24, 2.45) is 0 Å². The van der Waals surface area contributed by atoms with Crippen LogP contribution in [0, 0.1) is 0 Å². The van der Waals surface area contributed by atoms with E-state index in [1.54, 1.807) is 0 Å². The Morgan fingerprint density at radius 1 is 0.536 bits per heavy atom. The van der Waals surface area contributed by atoms with E-state index in [-0.39, 0.29) is 5.41 Å². The fourth-order valence-electron chi connectivity index (χ4n) is 4.85. The lowest BCUT2D eigenvalue weighted by atomic mass is 9.67. The van der Waals surface area contributed by atoms with E-state index < -0.39 is 0 Å². The second kappa shape index (κ2) is 6.09. The highest BCUT2D eigenvalue weighted by atomic mass is 79.9. The maximum Gasteiger partial charge on any atom is 0.0736 e. The van der Waals surface area contributed by atoms with Crippen LogP contribution < -0.4 is 0 Å². The Morgan fingerprint density at radius 2 is 1.00 bits per heavy atom. The molecule has 0 N–H and O–H groups in total. The van der Waals surface area contributed by atoms with Crippen molar-refractivity contribution in [2.45, 2.75) is 15.2 Å². The van der Waals surface area contributed by atoms with Gasteiger partial charge in [0, 0.05) is 18.7 Å². The zero-order valence-electron chi connectivity index (χ0n) is 14.7. The molecule has 0 saturated heterocycles. The third kappa shape index (κ3) is 2.13. The Kier molecular flexibility index (Phi) is 3.72. The van der Waals surface area contributed by atoms with Crippen LogP contribution in [0.1, 0.15) is 22.3 Å². The van der Waals surface area contributed by atoms with Crippen molar-refractivity contribution < 1.29 is 0 Å². The van der Waals surface area contributed by atoms with E-state index >= 15 is 0 Å². The molecule has 28 heavy (non-hydrogen) atoms. The summed E-state index contributed by atoms with van der Waals surface area (Å²) in [5.41, 5.74) is 7.83. The van der Waals surface area contributed by atoms with E-state index in [1.165, 1.54) is 43.2 Å². The van der Waals surface area contributed by atoms with Gasteiger partial charge in [0.1, 0.15) is 0 Å². The van der Waals surface area contributed by atoms with Gasteiger partial charge in [-0.3, -0.25) is 0 Å². The average molecular weight is 506 g/mol. The maximum absolute atomic E-state index is 3.74. The lowest BCUT2D eigenvalue weighted by Crippen LogP contribution is -2.32. The third-order valence-corrected chi connectivity index (χ3v) is 8.00. The van der Waals surface area contributed by atoms with Crippen LogP contribution in [0.2, 0.25) is 0 Å². The number of benzene rings is 4. The van der Waals surface area contributed by atoms with Gasteiger partial charge in [0.15, 0.2) is 0 Å².